The van der Waals surface area contributed by atoms with E-state index in [-0.39, 0.29) is 6.03 Å². The molecule has 176 valence electrons. The third-order valence-electron chi connectivity index (χ3n) is 5.81. The number of nitrogens with zero attached hydrogens (tertiary/aromatic N) is 2. The van der Waals surface area contributed by atoms with E-state index in [9.17, 15) is 18.0 Å². The first-order valence-electron chi connectivity index (χ1n) is 11.1. The monoisotopic (exact) mass is 476 g/mol. The molecule has 1 aliphatic rings. The molecule has 5 nitrogen and oxygen atoms in total. The van der Waals surface area contributed by atoms with Gasteiger partial charge in [-0.1, -0.05) is 24.3 Å². The number of hydrogen-bond acceptors (Lipinski definition) is 4. The minimum Gasteiger partial charge on any atom is -0.368 e. The Kier molecular flexibility index (Phi) is 7.39. The van der Waals surface area contributed by atoms with Crippen molar-refractivity contribution < 1.29 is 18.0 Å². The van der Waals surface area contributed by atoms with Gasteiger partial charge in [-0.25, -0.2) is 4.79 Å². The molecular formula is C24H27F3N4OS. The largest absolute Gasteiger partial charge is 0.416 e. The lowest BCUT2D eigenvalue weighted by molar-refractivity contribution is -0.137. The summed E-state index contributed by atoms with van der Waals surface area (Å²) in [6, 6.07) is 13.2. The first-order chi connectivity index (χ1) is 15.9. The molecule has 2 N–H and O–H groups in total. The van der Waals surface area contributed by atoms with Crippen LogP contribution in [-0.2, 0) is 6.18 Å². The van der Waals surface area contributed by atoms with Crippen LogP contribution in [0, 0.1) is 0 Å². The Hall–Kier alpha value is -2.78. The van der Waals surface area contributed by atoms with Crippen LogP contribution >= 0.6 is 11.3 Å². The van der Waals surface area contributed by atoms with Crippen LogP contribution in [-0.4, -0.2) is 50.2 Å². The molecular weight excluding hydrogens is 449 g/mol. The van der Waals surface area contributed by atoms with Gasteiger partial charge in [-0.2, -0.15) is 13.2 Å². The van der Waals surface area contributed by atoms with Crippen LogP contribution in [0.15, 0.2) is 53.9 Å². The predicted octanol–water partition coefficient (Wildman–Crippen LogP) is 5.64. The van der Waals surface area contributed by atoms with Crippen LogP contribution in [0.25, 0.3) is 10.1 Å². The number of halogens is 3. The van der Waals surface area contributed by atoms with Crippen LogP contribution in [0.5, 0.6) is 0 Å². The number of rotatable bonds is 7. The van der Waals surface area contributed by atoms with Crippen molar-refractivity contribution in [2.24, 2.45) is 0 Å². The van der Waals surface area contributed by atoms with Gasteiger partial charge in [0, 0.05) is 53.9 Å². The number of alkyl halides is 3. The fraction of sp³-hybridized carbons (Fsp3) is 0.375. The van der Waals surface area contributed by atoms with Crippen molar-refractivity contribution in [3.63, 3.8) is 0 Å². The van der Waals surface area contributed by atoms with Crippen LogP contribution in [0.3, 0.4) is 0 Å². The zero-order valence-electron chi connectivity index (χ0n) is 18.2. The van der Waals surface area contributed by atoms with E-state index in [1.165, 1.54) is 23.5 Å². The maximum Gasteiger partial charge on any atom is 0.416 e. The molecule has 4 rings (SSSR count). The summed E-state index contributed by atoms with van der Waals surface area (Å²) in [4.78, 5) is 16.6. The van der Waals surface area contributed by atoms with E-state index in [0.29, 0.717) is 11.2 Å². The number of benzene rings is 2. The first kappa shape index (κ1) is 23.4. The van der Waals surface area contributed by atoms with Gasteiger partial charge in [0.1, 0.15) is 0 Å². The van der Waals surface area contributed by atoms with Gasteiger partial charge in [0.2, 0.25) is 0 Å². The Morgan fingerprint density at radius 1 is 1.00 bits per heavy atom. The maximum atomic E-state index is 13.0. The topological polar surface area (TPSA) is 47.6 Å². The third kappa shape index (κ3) is 6.17. The molecule has 0 bridgehead atoms. The number of para-hydroxylation sites is 1. The summed E-state index contributed by atoms with van der Waals surface area (Å²) >= 11 is 1.37. The van der Waals surface area contributed by atoms with Gasteiger partial charge in [0.25, 0.3) is 0 Å². The number of carbonyl (C=O) groups excluding carboxylic acids is 1. The van der Waals surface area contributed by atoms with Gasteiger partial charge >= 0.3 is 12.2 Å². The van der Waals surface area contributed by atoms with Crippen LogP contribution in [0.2, 0.25) is 0 Å². The van der Waals surface area contributed by atoms with Crippen molar-refractivity contribution in [3.8, 4) is 0 Å². The van der Waals surface area contributed by atoms with Crippen molar-refractivity contribution >= 4 is 38.8 Å². The molecule has 0 unspecified atom stereocenters. The molecule has 3 aromatic rings. The van der Waals surface area contributed by atoms with E-state index in [1.54, 1.807) is 6.07 Å². The van der Waals surface area contributed by atoms with E-state index < -0.39 is 11.7 Å². The van der Waals surface area contributed by atoms with E-state index in [2.05, 4.69) is 20.4 Å². The standard InChI is InChI=1S/C24H27F3N4OS/c25-24(26,27)18-8-9-20-21(17-33-22(20)16-18)31-14-12-30(13-15-31)11-5-4-10-28-23(32)29-19-6-2-1-3-7-19/h1-3,6-9,16-17H,4-5,10-15H2,(H2,28,29,32). The second kappa shape index (κ2) is 10.4. The van der Waals surface area contributed by atoms with E-state index in [1.807, 2.05) is 35.7 Å². The number of carbonyl (C=O) groups is 1. The molecule has 2 aromatic carbocycles. The molecule has 1 saturated heterocycles. The van der Waals surface area contributed by atoms with Crippen molar-refractivity contribution in [2.75, 3.05) is 49.5 Å². The summed E-state index contributed by atoms with van der Waals surface area (Å²) in [5, 5.41) is 8.54. The lowest BCUT2D eigenvalue weighted by Crippen LogP contribution is -2.46. The molecule has 9 heteroatoms. The average Bonchev–Trinajstić information content (AvgIpc) is 3.23. The number of unbranched alkanes of at least 4 members (excludes halogenated alkanes) is 1. The predicted molar refractivity (Wildman–Crippen MR) is 128 cm³/mol. The normalized spacial score (nSPS) is 15.1. The minimum atomic E-state index is -4.31. The molecule has 1 fully saturated rings. The molecule has 2 amide bonds. The Labute approximate surface area is 195 Å². The highest BCUT2D eigenvalue weighted by Gasteiger charge is 2.31. The van der Waals surface area contributed by atoms with Crippen molar-refractivity contribution in [1.82, 2.24) is 10.2 Å². The highest BCUT2D eigenvalue weighted by molar-refractivity contribution is 7.17. The number of fused-ring (bicyclic) bond motifs is 1. The Morgan fingerprint density at radius 2 is 1.76 bits per heavy atom. The molecule has 1 aromatic heterocycles. The molecule has 33 heavy (non-hydrogen) atoms. The van der Waals surface area contributed by atoms with Gasteiger partial charge in [-0.05, 0) is 43.7 Å². The molecule has 2 heterocycles. The molecule has 0 spiro atoms. The van der Waals surface area contributed by atoms with Crippen LogP contribution in [0.1, 0.15) is 18.4 Å². The number of amides is 2. The fourth-order valence-electron chi connectivity index (χ4n) is 4.01. The molecule has 0 atom stereocenters. The number of piperazine rings is 1. The highest BCUT2D eigenvalue weighted by atomic mass is 32.1. The summed E-state index contributed by atoms with van der Waals surface area (Å²) in [5.41, 5.74) is 1.20. The first-order valence-corrected chi connectivity index (χ1v) is 11.9. The molecule has 1 aliphatic heterocycles. The summed E-state index contributed by atoms with van der Waals surface area (Å²) in [6.07, 6.45) is -2.42. The summed E-state index contributed by atoms with van der Waals surface area (Å²) < 4.78 is 39.6. The highest BCUT2D eigenvalue weighted by Crippen LogP contribution is 2.38. The Bertz CT molecular complexity index is 1060. The molecule has 0 radical (unpaired) electrons. The summed E-state index contributed by atoms with van der Waals surface area (Å²) in [6.45, 7) is 5.13. The lowest BCUT2D eigenvalue weighted by atomic mass is 10.1. The Morgan fingerprint density at radius 3 is 2.48 bits per heavy atom. The molecule has 0 aliphatic carbocycles. The number of urea groups is 1. The van der Waals surface area contributed by atoms with Crippen molar-refractivity contribution in [3.05, 3.63) is 59.5 Å². The quantitative estimate of drug-likeness (QED) is 0.434. The third-order valence-corrected chi connectivity index (χ3v) is 6.75. The van der Waals surface area contributed by atoms with Crippen molar-refractivity contribution in [2.45, 2.75) is 19.0 Å². The van der Waals surface area contributed by atoms with Gasteiger partial charge in [-0.3, -0.25) is 4.90 Å². The number of hydrogen-bond donors (Lipinski definition) is 2. The van der Waals surface area contributed by atoms with Gasteiger partial charge in [-0.15, -0.1) is 11.3 Å². The van der Waals surface area contributed by atoms with E-state index >= 15 is 0 Å². The van der Waals surface area contributed by atoms with Crippen LogP contribution < -0.4 is 15.5 Å². The number of thiophene rings is 1. The second-order valence-corrected chi connectivity index (χ2v) is 9.02. The van der Waals surface area contributed by atoms with Crippen molar-refractivity contribution in [1.29, 1.82) is 0 Å². The van der Waals surface area contributed by atoms with E-state index in [0.717, 1.165) is 62.3 Å². The lowest BCUT2D eigenvalue weighted by Gasteiger charge is -2.36. The smallest absolute Gasteiger partial charge is 0.368 e. The van der Waals surface area contributed by atoms with Gasteiger partial charge < -0.3 is 15.5 Å². The van der Waals surface area contributed by atoms with Gasteiger partial charge in [0.05, 0.1) is 11.3 Å². The average molecular weight is 477 g/mol. The van der Waals surface area contributed by atoms with Gasteiger partial charge in [0.15, 0.2) is 0 Å². The SMILES string of the molecule is O=C(NCCCCN1CCN(c2csc3cc(C(F)(F)F)ccc23)CC1)Nc1ccccc1. The summed E-state index contributed by atoms with van der Waals surface area (Å²) in [5.74, 6) is 0. The summed E-state index contributed by atoms with van der Waals surface area (Å²) in [7, 11) is 0. The Balaban J connectivity index is 1.17. The number of nitrogens with one attached hydrogen (secondary N) is 2. The number of anilines is 2. The maximum absolute atomic E-state index is 13.0. The fourth-order valence-corrected chi connectivity index (χ4v) is 5.02. The minimum absolute atomic E-state index is 0.194. The zero-order chi connectivity index (χ0) is 23.3. The second-order valence-electron chi connectivity index (χ2n) is 8.11. The zero-order valence-corrected chi connectivity index (χ0v) is 19.0. The molecule has 0 saturated carbocycles. The van der Waals surface area contributed by atoms with Crippen LogP contribution in [0.4, 0.5) is 29.3 Å². The van der Waals surface area contributed by atoms with E-state index in [4.69, 9.17) is 0 Å².